The van der Waals surface area contributed by atoms with Crippen LogP contribution >= 0.6 is 11.8 Å². The molecule has 1 aliphatic heterocycles. The number of benzene rings is 1. The summed E-state index contributed by atoms with van der Waals surface area (Å²) in [5.74, 6) is 0.285. The van der Waals surface area contributed by atoms with Gasteiger partial charge in [-0.2, -0.15) is 0 Å². The normalized spacial score (nSPS) is 23.4. The van der Waals surface area contributed by atoms with E-state index in [-0.39, 0.29) is 23.0 Å². The van der Waals surface area contributed by atoms with Crippen molar-refractivity contribution in [3.05, 3.63) is 35.6 Å². The molecule has 2 atom stereocenters. The van der Waals surface area contributed by atoms with E-state index in [2.05, 4.69) is 5.32 Å². The summed E-state index contributed by atoms with van der Waals surface area (Å²) in [5, 5.41) is 2.86. The predicted molar refractivity (Wildman–Crippen MR) is 104 cm³/mol. The van der Waals surface area contributed by atoms with Crippen LogP contribution in [-0.4, -0.2) is 54.1 Å². The molecule has 1 aromatic rings. The molecule has 27 heavy (non-hydrogen) atoms. The largest absolute Gasteiger partial charge is 0.383 e. The second kappa shape index (κ2) is 9.55. The number of halogens is 1. The quantitative estimate of drug-likeness (QED) is 0.754. The van der Waals surface area contributed by atoms with Gasteiger partial charge in [-0.1, -0.05) is 19.3 Å². The van der Waals surface area contributed by atoms with Crippen LogP contribution in [0, 0.1) is 11.7 Å². The minimum atomic E-state index is -0.503. The Morgan fingerprint density at radius 1 is 1.22 bits per heavy atom. The number of hydrogen-bond acceptors (Lipinski definition) is 4. The van der Waals surface area contributed by atoms with Crippen LogP contribution in [0.4, 0.5) is 4.39 Å². The first kappa shape index (κ1) is 20.1. The molecule has 1 saturated heterocycles. The molecule has 1 N–H and O–H groups in total. The third-order valence-electron chi connectivity index (χ3n) is 5.32. The van der Waals surface area contributed by atoms with Crippen LogP contribution in [0.3, 0.4) is 0 Å². The third-order valence-corrected chi connectivity index (χ3v) is 6.78. The second-order valence-corrected chi connectivity index (χ2v) is 8.29. The minimum absolute atomic E-state index is 0.000952. The van der Waals surface area contributed by atoms with Crippen molar-refractivity contribution < 1.29 is 18.7 Å². The molecular weight excluding hydrogens is 367 g/mol. The SMILES string of the molecule is COCCNC(=O)[C@@H]1CS[C@@H](C2CCCCC2)N1C(=O)c1ccc(F)cc1. The number of amides is 2. The van der Waals surface area contributed by atoms with Gasteiger partial charge in [0, 0.05) is 25.0 Å². The number of carbonyl (C=O) groups is 2. The molecule has 0 bridgehead atoms. The van der Waals surface area contributed by atoms with Gasteiger partial charge in [0.1, 0.15) is 11.9 Å². The summed E-state index contributed by atoms with van der Waals surface area (Å²) in [6.07, 6.45) is 5.75. The predicted octanol–water partition coefficient (Wildman–Crippen LogP) is 3.05. The Kier molecular flexibility index (Phi) is 7.13. The van der Waals surface area contributed by atoms with Gasteiger partial charge in [0.25, 0.3) is 5.91 Å². The summed E-state index contributed by atoms with van der Waals surface area (Å²) in [4.78, 5) is 27.7. The molecule has 0 unspecified atom stereocenters. The fourth-order valence-corrected chi connectivity index (χ4v) is 5.54. The average Bonchev–Trinajstić information content (AvgIpc) is 3.14. The molecule has 2 amide bonds. The molecule has 7 heteroatoms. The fourth-order valence-electron chi connectivity index (χ4n) is 3.90. The number of hydrogen-bond donors (Lipinski definition) is 1. The first-order valence-corrected chi connectivity index (χ1v) is 10.6. The van der Waals surface area contributed by atoms with E-state index in [0.29, 0.717) is 30.4 Å². The highest BCUT2D eigenvalue weighted by Crippen LogP contribution is 2.41. The number of nitrogens with zero attached hydrogens (tertiary/aromatic N) is 1. The molecule has 148 valence electrons. The first-order valence-electron chi connectivity index (χ1n) is 9.58. The summed E-state index contributed by atoms with van der Waals surface area (Å²) >= 11 is 1.70. The maximum atomic E-state index is 13.3. The Morgan fingerprint density at radius 3 is 2.59 bits per heavy atom. The highest BCUT2D eigenvalue weighted by atomic mass is 32.2. The van der Waals surface area contributed by atoms with Crippen LogP contribution in [0.2, 0.25) is 0 Å². The number of carbonyl (C=O) groups excluding carboxylic acids is 2. The Hall–Kier alpha value is -1.60. The average molecular weight is 395 g/mol. The van der Waals surface area contributed by atoms with Crippen LogP contribution in [-0.2, 0) is 9.53 Å². The van der Waals surface area contributed by atoms with Gasteiger partial charge in [0.2, 0.25) is 5.91 Å². The fraction of sp³-hybridized carbons (Fsp3) is 0.600. The van der Waals surface area contributed by atoms with Crippen molar-refractivity contribution in [2.24, 2.45) is 5.92 Å². The zero-order valence-corrected chi connectivity index (χ0v) is 16.5. The Labute approximate surface area is 164 Å². The molecule has 0 radical (unpaired) electrons. The van der Waals surface area contributed by atoms with Crippen molar-refractivity contribution >= 4 is 23.6 Å². The van der Waals surface area contributed by atoms with Gasteiger partial charge in [0.05, 0.1) is 12.0 Å². The molecule has 1 heterocycles. The molecule has 1 aliphatic carbocycles. The maximum Gasteiger partial charge on any atom is 0.255 e. The molecule has 1 aromatic carbocycles. The van der Waals surface area contributed by atoms with Crippen molar-refractivity contribution in [2.45, 2.75) is 43.5 Å². The smallest absolute Gasteiger partial charge is 0.255 e. The van der Waals surface area contributed by atoms with Crippen molar-refractivity contribution in [1.82, 2.24) is 10.2 Å². The van der Waals surface area contributed by atoms with Gasteiger partial charge >= 0.3 is 0 Å². The van der Waals surface area contributed by atoms with Crippen molar-refractivity contribution in [2.75, 3.05) is 26.0 Å². The molecule has 0 spiro atoms. The van der Waals surface area contributed by atoms with E-state index in [0.717, 1.165) is 12.8 Å². The lowest BCUT2D eigenvalue weighted by Crippen LogP contribution is -2.51. The molecule has 0 aromatic heterocycles. The standard InChI is InChI=1S/C20H27FN2O3S/c1-26-12-11-22-18(24)17-13-27-20(15-5-3-2-4-6-15)23(17)19(25)14-7-9-16(21)10-8-14/h7-10,15,17,20H,2-6,11-13H2,1H3,(H,22,24)/t17-,20-/m0/s1. The zero-order chi connectivity index (χ0) is 19.2. The van der Waals surface area contributed by atoms with E-state index in [1.54, 1.807) is 23.8 Å². The van der Waals surface area contributed by atoms with Crippen molar-refractivity contribution in [1.29, 1.82) is 0 Å². The third kappa shape index (κ3) is 4.82. The van der Waals surface area contributed by atoms with Gasteiger partial charge in [-0.3, -0.25) is 9.59 Å². The molecule has 2 aliphatic rings. The van der Waals surface area contributed by atoms with E-state index in [1.165, 1.54) is 43.5 Å². The summed E-state index contributed by atoms with van der Waals surface area (Å²) in [6.45, 7) is 0.854. The number of nitrogens with one attached hydrogen (secondary N) is 1. The van der Waals surface area contributed by atoms with E-state index in [1.807, 2.05) is 0 Å². The minimum Gasteiger partial charge on any atom is -0.383 e. The monoisotopic (exact) mass is 394 g/mol. The highest BCUT2D eigenvalue weighted by Gasteiger charge is 2.45. The van der Waals surface area contributed by atoms with Crippen molar-refractivity contribution in [3.63, 3.8) is 0 Å². The van der Waals surface area contributed by atoms with Gasteiger partial charge < -0.3 is 15.0 Å². The molecule has 5 nitrogen and oxygen atoms in total. The summed E-state index contributed by atoms with van der Waals surface area (Å²) in [5.41, 5.74) is 0.425. The van der Waals surface area contributed by atoms with Gasteiger partial charge in [-0.05, 0) is 43.0 Å². The lowest BCUT2D eigenvalue weighted by Gasteiger charge is -2.35. The van der Waals surface area contributed by atoms with Crippen molar-refractivity contribution in [3.8, 4) is 0 Å². The van der Waals surface area contributed by atoms with E-state index in [4.69, 9.17) is 4.74 Å². The Bertz CT molecular complexity index is 649. The zero-order valence-electron chi connectivity index (χ0n) is 15.7. The topological polar surface area (TPSA) is 58.6 Å². The molecular formula is C20H27FN2O3S. The van der Waals surface area contributed by atoms with Gasteiger partial charge in [0.15, 0.2) is 0 Å². The van der Waals surface area contributed by atoms with Gasteiger partial charge in [-0.25, -0.2) is 4.39 Å². The van der Waals surface area contributed by atoms with Crippen LogP contribution in [0.1, 0.15) is 42.5 Å². The Morgan fingerprint density at radius 2 is 1.93 bits per heavy atom. The van der Waals surface area contributed by atoms with E-state index >= 15 is 0 Å². The molecule has 1 saturated carbocycles. The summed E-state index contributed by atoms with van der Waals surface area (Å²) in [6, 6.07) is 5.08. The molecule has 3 rings (SSSR count). The second-order valence-electron chi connectivity index (χ2n) is 7.14. The van der Waals surface area contributed by atoms with Crippen LogP contribution in [0.25, 0.3) is 0 Å². The van der Waals surface area contributed by atoms with Gasteiger partial charge in [-0.15, -0.1) is 11.8 Å². The summed E-state index contributed by atoms with van der Waals surface area (Å²) < 4.78 is 18.3. The summed E-state index contributed by atoms with van der Waals surface area (Å²) in [7, 11) is 1.58. The van der Waals surface area contributed by atoms with E-state index in [9.17, 15) is 14.0 Å². The lowest BCUT2D eigenvalue weighted by atomic mass is 9.88. The number of rotatable bonds is 6. The van der Waals surface area contributed by atoms with Crippen LogP contribution in [0.15, 0.2) is 24.3 Å². The highest BCUT2D eigenvalue weighted by molar-refractivity contribution is 8.00. The number of ether oxygens (including phenoxy) is 1. The number of thioether (sulfide) groups is 1. The van der Waals surface area contributed by atoms with Crippen LogP contribution < -0.4 is 5.32 Å². The Balaban J connectivity index is 1.80. The maximum absolute atomic E-state index is 13.3. The van der Waals surface area contributed by atoms with E-state index < -0.39 is 6.04 Å². The number of methoxy groups -OCH3 is 1. The first-order chi connectivity index (χ1) is 13.1. The van der Waals surface area contributed by atoms with Crippen LogP contribution in [0.5, 0.6) is 0 Å². The molecule has 2 fully saturated rings. The lowest BCUT2D eigenvalue weighted by molar-refractivity contribution is -0.125.